The van der Waals surface area contributed by atoms with E-state index in [1.165, 1.54) is 39.0 Å². The van der Waals surface area contributed by atoms with Gasteiger partial charge in [0.05, 0.1) is 16.8 Å². The van der Waals surface area contributed by atoms with Crippen LogP contribution in [0.15, 0.2) is 30.3 Å². The first-order chi connectivity index (χ1) is 20.5. The van der Waals surface area contributed by atoms with Gasteiger partial charge in [0.15, 0.2) is 5.78 Å². The largest absolute Gasteiger partial charge is 0.370 e. The second kappa shape index (κ2) is 10.4. The van der Waals surface area contributed by atoms with Gasteiger partial charge < -0.3 is 9.88 Å². The van der Waals surface area contributed by atoms with Gasteiger partial charge >= 0.3 is 0 Å². The van der Waals surface area contributed by atoms with Crippen molar-refractivity contribution in [2.75, 3.05) is 44.2 Å². The summed E-state index contributed by atoms with van der Waals surface area (Å²) in [5.74, 6) is 3.36. The van der Waals surface area contributed by atoms with E-state index >= 15 is 0 Å². The standard InChI is InChI=1S/C36H43N5OSi/c1-36(2)30-22-32(41-13-10-27(11-14-41)40-17-15-39(16-18-40)26-7-8-26)25(23-37)21-29(30)34(42)33-28-9-6-24(12-19-43(3,4)5)20-31(28)38-35(33)36/h6,9,20-22,26-27,38H,7-8,10-11,13-18H2,1-5H3. The van der Waals surface area contributed by atoms with E-state index in [0.29, 0.717) is 17.2 Å². The van der Waals surface area contributed by atoms with E-state index in [0.717, 1.165) is 70.9 Å². The van der Waals surface area contributed by atoms with Crippen LogP contribution in [0.25, 0.3) is 10.9 Å². The van der Waals surface area contributed by atoms with Crippen LogP contribution in [-0.2, 0) is 5.41 Å². The van der Waals surface area contributed by atoms with Gasteiger partial charge in [-0.25, -0.2) is 0 Å². The Kier molecular flexibility index (Phi) is 6.85. The fourth-order valence-corrected chi connectivity index (χ4v) is 8.05. The molecule has 3 aromatic rings. The summed E-state index contributed by atoms with van der Waals surface area (Å²) in [7, 11) is -1.50. The van der Waals surface area contributed by atoms with Gasteiger partial charge in [-0.3, -0.25) is 14.6 Å². The molecule has 1 N–H and O–H groups in total. The number of nitrogens with one attached hydrogen (secondary N) is 1. The molecule has 7 heteroatoms. The number of rotatable bonds is 3. The average Bonchev–Trinajstić information content (AvgIpc) is 3.78. The lowest BCUT2D eigenvalue weighted by Crippen LogP contribution is -2.53. The normalized spacial score (nSPS) is 21.2. The first kappa shape index (κ1) is 28.4. The molecule has 222 valence electrons. The molecule has 0 radical (unpaired) electrons. The molecule has 0 bridgehead atoms. The summed E-state index contributed by atoms with van der Waals surface area (Å²) in [5, 5.41) is 11.2. The van der Waals surface area contributed by atoms with Crippen molar-refractivity contribution in [1.82, 2.24) is 14.8 Å². The molecule has 2 aromatic carbocycles. The SMILES string of the molecule is CC1(C)c2cc(N3CCC(N4CCN(C5CC5)CC4)CC3)c(C#N)cc2C(=O)c2c1[nH]c1cc(C#C[Si](C)(C)C)ccc21. The van der Waals surface area contributed by atoms with Crippen molar-refractivity contribution >= 4 is 30.4 Å². The number of benzene rings is 2. The van der Waals surface area contributed by atoms with Crippen LogP contribution in [0.4, 0.5) is 5.69 Å². The van der Waals surface area contributed by atoms with Crippen LogP contribution in [-0.4, -0.2) is 80.0 Å². The van der Waals surface area contributed by atoms with Gasteiger partial charge in [-0.2, -0.15) is 5.26 Å². The van der Waals surface area contributed by atoms with Crippen molar-refractivity contribution in [2.45, 2.75) is 76.7 Å². The Labute approximate surface area is 257 Å². The first-order valence-electron chi connectivity index (χ1n) is 16.1. The Morgan fingerprint density at radius 1 is 0.907 bits per heavy atom. The number of H-pyrrole nitrogens is 1. The highest BCUT2D eigenvalue weighted by atomic mass is 28.3. The van der Waals surface area contributed by atoms with Crippen molar-refractivity contribution in [3.63, 3.8) is 0 Å². The van der Waals surface area contributed by atoms with Crippen LogP contribution >= 0.6 is 0 Å². The highest BCUT2D eigenvalue weighted by Gasteiger charge is 2.41. The van der Waals surface area contributed by atoms with Crippen molar-refractivity contribution in [2.24, 2.45) is 0 Å². The third-order valence-electron chi connectivity index (χ3n) is 10.1. The lowest BCUT2D eigenvalue weighted by Gasteiger charge is -2.43. The Morgan fingerprint density at radius 2 is 1.56 bits per heavy atom. The number of hydrogen-bond donors (Lipinski definition) is 1. The monoisotopic (exact) mass is 589 g/mol. The number of hydrogen-bond acceptors (Lipinski definition) is 5. The number of carbonyl (C=O) groups excluding carboxylic acids is 1. The average molecular weight is 590 g/mol. The first-order valence-corrected chi connectivity index (χ1v) is 19.6. The number of anilines is 1. The molecule has 0 amide bonds. The molecule has 2 aliphatic carbocycles. The minimum atomic E-state index is -1.50. The molecule has 3 heterocycles. The van der Waals surface area contributed by atoms with Crippen molar-refractivity contribution in [1.29, 1.82) is 5.26 Å². The number of piperazine rings is 1. The molecule has 2 aliphatic heterocycles. The van der Waals surface area contributed by atoms with Gasteiger partial charge in [-0.15, -0.1) is 5.54 Å². The Bertz CT molecular complexity index is 1710. The fraction of sp³-hybridized carbons (Fsp3) is 0.500. The van der Waals surface area contributed by atoms with Crippen LogP contribution in [0.2, 0.25) is 19.6 Å². The third-order valence-corrected chi connectivity index (χ3v) is 11.0. The lowest BCUT2D eigenvalue weighted by atomic mass is 9.70. The summed E-state index contributed by atoms with van der Waals surface area (Å²) in [6.07, 6.45) is 5.00. The van der Waals surface area contributed by atoms with Crippen molar-refractivity contribution in [3.05, 3.63) is 63.8 Å². The zero-order valence-corrected chi connectivity index (χ0v) is 27.3. The smallest absolute Gasteiger partial charge is 0.195 e. The maximum atomic E-state index is 14.1. The van der Waals surface area contributed by atoms with Crippen molar-refractivity contribution in [3.8, 4) is 17.5 Å². The minimum Gasteiger partial charge on any atom is -0.370 e. The van der Waals surface area contributed by atoms with E-state index in [1.807, 2.05) is 18.2 Å². The molecule has 2 saturated heterocycles. The van der Waals surface area contributed by atoms with Crippen molar-refractivity contribution < 1.29 is 4.79 Å². The van der Waals surface area contributed by atoms with Gasteiger partial charge in [0.1, 0.15) is 14.1 Å². The highest BCUT2D eigenvalue weighted by Crippen LogP contribution is 2.46. The maximum absolute atomic E-state index is 14.1. The molecule has 3 fully saturated rings. The summed E-state index contributed by atoms with van der Waals surface area (Å²) in [6, 6.07) is 14.1. The number of nitriles is 1. The Balaban J connectivity index is 1.16. The topological polar surface area (TPSA) is 66.4 Å². The fourth-order valence-electron chi connectivity index (χ4n) is 7.53. The number of aromatic amines is 1. The second-order valence-electron chi connectivity index (χ2n) is 14.6. The summed E-state index contributed by atoms with van der Waals surface area (Å²) in [4.78, 5) is 25.5. The number of aromatic nitrogens is 1. The molecule has 4 aliphatic rings. The van der Waals surface area contributed by atoms with Gasteiger partial charge in [-0.1, -0.05) is 45.5 Å². The number of nitrogens with zero attached hydrogens (tertiary/aromatic N) is 4. The molecule has 0 atom stereocenters. The predicted octanol–water partition coefficient (Wildman–Crippen LogP) is 5.89. The van der Waals surface area contributed by atoms with E-state index in [4.69, 9.17) is 0 Å². The molecule has 43 heavy (non-hydrogen) atoms. The summed E-state index contributed by atoms with van der Waals surface area (Å²) >= 11 is 0. The van der Waals surface area contributed by atoms with Crippen LogP contribution < -0.4 is 4.90 Å². The van der Waals surface area contributed by atoms with Crippen LogP contribution in [0.5, 0.6) is 0 Å². The number of piperidine rings is 1. The Morgan fingerprint density at radius 3 is 2.16 bits per heavy atom. The molecular weight excluding hydrogens is 547 g/mol. The summed E-state index contributed by atoms with van der Waals surface area (Å²) in [6.45, 7) is 17.8. The quantitative estimate of drug-likeness (QED) is 0.305. The van der Waals surface area contributed by atoms with Gasteiger partial charge in [0.25, 0.3) is 0 Å². The lowest BCUT2D eigenvalue weighted by molar-refractivity contribution is 0.0809. The number of carbonyl (C=O) groups is 1. The van der Waals surface area contributed by atoms with E-state index in [2.05, 4.69) is 82.8 Å². The maximum Gasteiger partial charge on any atom is 0.195 e. The molecule has 6 nitrogen and oxygen atoms in total. The molecule has 0 unspecified atom stereocenters. The zero-order valence-electron chi connectivity index (χ0n) is 26.3. The third kappa shape index (κ3) is 5.12. The predicted molar refractivity (Wildman–Crippen MR) is 177 cm³/mol. The molecular formula is C36H43N5OSi. The van der Waals surface area contributed by atoms with Gasteiger partial charge in [0.2, 0.25) is 0 Å². The minimum absolute atomic E-state index is 0.00334. The summed E-state index contributed by atoms with van der Waals surface area (Å²) < 4.78 is 0. The Hall–Kier alpha value is -3.36. The van der Waals surface area contributed by atoms with E-state index < -0.39 is 13.5 Å². The number of fused-ring (bicyclic) bond motifs is 4. The van der Waals surface area contributed by atoms with E-state index in [9.17, 15) is 10.1 Å². The molecule has 1 aromatic heterocycles. The van der Waals surface area contributed by atoms with E-state index in [-0.39, 0.29) is 5.78 Å². The van der Waals surface area contributed by atoms with Crippen LogP contribution in [0.3, 0.4) is 0 Å². The van der Waals surface area contributed by atoms with Crippen LogP contribution in [0, 0.1) is 22.8 Å². The second-order valence-corrected chi connectivity index (χ2v) is 19.4. The van der Waals surface area contributed by atoms with Crippen LogP contribution in [0.1, 0.15) is 77.8 Å². The van der Waals surface area contributed by atoms with Gasteiger partial charge in [-0.05, 0) is 55.5 Å². The number of ketones is 1. The zero-order chi connectivity index (χ0) is 30.1. The molecule has 0 spiro atoms. The highest BCUT2D eigenvalue weighted by molar-refractivity contribution is 6.83. The van der Waals surface area contributed by atoms with Gasteiger partial charge in [0, 0.05) is 84.5 Å². The molecule has 7 rings (SSSR count). The van der Waals surface area contributed by atoms with E-state index in [1.54, 1.807) is 0 Å². The summed E-state index contributed by atoms with van der Waals surface area (Å²) in [5.41, 5.74) is 9.88. The molecule has 1 saturated carbocycles.